The van der Waals surface area contributed by atoms with Gasteiger partial charge in [0.1, 0.15) is 11.6 Å². The SMILES string of the molecule is CC[C@@H]1CCN(C(=O)Nc2ccc(C)c(-c3cc(NC(C)=O)nc(N4CCOCC4)c3)c2)C1. The van der Waals surface area contributed by atoms with Gasteiger partial charge in [0.25, 0.3) is 0 Å². The quantitative estimate of drug-likeness (QED) is 0.714. The Morgan fingerprint density at radius 1 is 1.12 bits per heavy atom. The highest BCUT2D eigenvalue weighted by Gasteiger charge is 2.25. The molecule has 2 aliphatic heterocycles. The third kappa shape index (κ3) is 5.63. The number of benzene rings is 1. The molecule has 1 aromatic heterocycles. The van der Waals surface area contributed by atoms with E-state index < -0.39 is 0 Å². The number of hydrogen-bond donors (Lipinski definition) is 2. The van der Waals surface area contributed by atoms with Crippen molar-refractivity contribution in [1.29, 1.82) is 0 Å². The number of hydrogen-bond acceptors (Lipinski definition) is 5. The summed E-state index contributed by atoms with van der Waals surface area (Å²) in [5.41, 5.74) is 3.76. The number of urea groups is 1. The first-order valence-electron chi connectivity index (χ1n) is 11.7. The molecule has 0 aliphatic carbocycles. The maximum atomic E-state index is 12.8. The second-order valence-corrected chi connectivity index (χ2v) is 8.85. The van der Waals surface area contributed by atoms with Gasteiger partial charge in [0.15, 0.2) is 0 Å². The third-order valence-electron chi connectivity index (χ3n) is 6.40. The van der Waals surface area contributed by atoms with Gasteiger partial charge in [-0.15, -0.1) is 0 Å². The molecule has 0 saturated carbocycles. The van der Waals surface area contributed by atoms with Crippen LogP contribution >= 0.6 is 0 Å². The molecule has 4 rings (SSSR count). The number of amides is 3. The van der Waals surface area contributed by atoms with Crippen LogP contribution in [-0.2, 0) is 9.53 Å². The second-order valence-electron chi connectivity index (χ2n) is 8.85. The maximum Gasteiger partial charge on any atom is 0.321 e. The highest BCUT2D eigenvalue weighted by atomic mass is 16.5. The Bertz CT molecular complexity index is 1020. The molecule has 0 unspecified atom stereocenters. The van der Waals surface area contributed by atoms with Crippen molar-refractivity contribution in [3.05, 3.63) is 35.9 Å². The van der Waals surface area contributed by atoms with Gasteiger partial charge in [0, 0.05) is 38.8 Å². The van der Waals surface area contributed by atoms with E-state index in [4.69, 9.17) is 4.74 Å². The van der Waals surface area contributed by atoms with Crippen LogP contribution in [0.25, 0.3) is 11.1 Å². The van der Waals surface area contributed by atoms with E-state index >= 15 is 0 Å². The van der Waals surface area contributed by atoms with Crippen molar-refractivity contribution in [2.45, 2.75) is 33.6 Å². The summed E-state index contributed by atoms with van der Waals surface area (Å²) < 4.78 is 5.48. The number of carbonyl (C=O) groups excluding carboxylic acids is 2. The molecule has 1 atom stereocenters. The maximum absolute atomic E-state index is 12.8. The normalized spacial score (nSPS) is 18.3. The summed E-state index contributed by atoms with van der Waals surface area (Å²) in [7, 11) is 0. The first kappa shape index (κ1) is 23.0. The summed E-state index contributed by atoms with van der Waals surface area (Å²) in [4.78, 5) is 33.2. The molecule has 0 bridgehead atoms. The summed E-state index contributed by atoms with van der Waals surface area (Å²) in [6, 6.07) is 9.81. The molecule has 1 aromatic carbocycles. The Morgan fingerprint density at radius 2 is 1.91 bits per heavy atom. The Hall–Kier alpha value is -3.13. The van der Waals surface area contributed by atoms with Crippen LogP contribution in [0.1, 0.15) is 32.3 Å². The molecule has 2 aliphatic rings. The van der Waals surface area contributed by atoms with Gasteiger partial charge in [0.05, 0.1) is 13.2 Å². The lowest BCUT2D eigenvalue weighted by Crippen LogP contribution is -2.36. The first-order chi connectivity index (χ1) is 15.9. The van der Waals surface area contributed by atoms with Crippen LogP contribution in [0.5, 0.6) is 0 Å². The number of aryl methyl sites for hydroxylation is 1. The summed E-state index contributed by atoms with van der Waals surface area (Å²) in [5.74, 6) is 1.74. The lowest BCUT2D eigenvalue weighted by Gasteiger charge is -2.28. The number of ether oxygens (including phenoxy) is 1. The number of rotatable bonds is 5. The van der Waals surface area contributed by atoms with Gasteiger partial charge in [-0.05, 0) is 60.2 Å². The Labute approximate surface area is 195 Å². The number of pyridine rings is 1. The number of nitrogens with one attached hydrogen (secondary N) is 2. The number of anilines is 3. The highest BCUT2D eigenvalue weighted by molar-refractivity contribution is 5.92. The molecule has 0 spiro atoms. The zero-order chi connectivity index (χ0) is 23.4. The van der Waals surface area contributed by atoms with E-state index in [1.54, 1.807) is 0 Å². The molecule has 8 heteroatoms. The van der Waals surface area contributed by atoms with Crippen molar-refractivity contribution in [3.8, 4) is 11.1 Å². The minimum Gasteiger partial charge on any atom is -0.378 e. The van der Waals surface area contributed by atoms with Crippen LogP contribution in [0.3, 0.4) is 0 Å². The van der Waals surface area contributed by atoms with Gasteiger partial charge in [-0.2, -0.15) is 0 Å². The predicted octanol–water partition coefficient (Wildman–Crippen LogP) is 4.12. The molecule has 2 aromatic rings. The molecule has 3 amide bonds. The average molecular weight is 452 g/mol. The van der Waals surface area contributed by atoms with Crippen LogP contribution < -0.4 is 15.5 Å². The predicted molar refractivity (Wildman–Crippen MR) is 131 cm³/mol. The molecular weight excluding hydrogens is 418 g/mol. The fourth-order valence-electron chi connectivity index (χ4n) is 4.43. The largest absolute Gasteiger partial charge is 0.378 e. The first-order valence-corrected chi connectivity index (χ1v) is 11.7. The molecule has 2 saturated heterocycles. The zero-order valence-corrected chi connectivity index (χ0v) is 19.7. The number of likely N-dealkylation sites (tertiary alicyclic amines) is 1. The van der Waals surface area contributed by atoms with Crippen molar-refractivity contribution in [2.75, 3.05) is 54.9 Å². The van der Waals surface area contributed by atoms with Crippen LogP contribution in [0.4, 0.5) is 22.1 Å². The van der Waals surface area contributed by atoms with Gasteiger partial charge < -0.3 is 25.2 Å². The van der Waals surface area contributed by atoms with Crippen molar-refractivity contribution < 1.29 is 14.3 Å². The van der Waals surface area contributed by atoms with Gasteiger partial charge in [-0.25, -0.2) is 9.78 Å². The summed E-state index contributed by atoms with van der Waals surface area (Å²) >= 11 is 0. The van der Waals surface area contributed by atoms with Crippen molar-refractivity contribution in [3.63, 3.8) is 0 Å². The smallest absolute Gasteiger partial charge is 0.321 e. The molecule has 2 N–H and O–H groups in total. The van der Waals surface area contributed by atoms with E-state index in [1.807, 2.05) is 42.2 Å². The lowest BCUT2D eigenvalue weighted by atomic mass is 10.00. The van der Waals surface area contributed by atoms with Crippen LogP contribution in [0.2, 0.25) is 0 Å². The van der Waals surface area contributed by atoms with E-state index in [0.717, 1.165) is 67.2 Å². The van der Waals surface area contributed by atoms with Crippen LogP contribution in [0, 0.1) is 12.8 Å². The second kappa shape index (κ2) is 10.2. The minimum atomic E-state index is -0.165. The van der Waals surface area contributed by atoms with Gasteiger partial charge in [0.2, 0.25) is 5.91 Å². The number of aromatic nitrogens is 1. The fourth-order valence-corrected chi connectivity index (χ4v) is 4.43. The standard InChI is InChI=1S/C25H33N5O3/c1-4-19-7-8-30(16-19)25(32)27-21-6-5-17(2)22(15-21)20-13-23(26-18(3)31)28-24(14-20)29-9-11-33-12-10-29/h5-6,13-15,19H,4,7-12,16H2,1-3H3,(H,27,32)(H,26,28,31)/t19-/m1/s1. The Kier molecular flexibility index (Phi) is 7.13. The fraction of sp³-hybridized carbons (Fsp3) is 0.480. The average Bonchev–Trinajstić information content (AvgIpc) is 3.30. The van der Waals surface area contributed by atoms with Gasteiger partial charge in [-0.1, -0.05) is 19.4 Å². The van der Waals surface area contributed by atoms with Gasteiger partial charge >= 0.3 is 6.03 Å². The number of carbonyl (C=O) groups is 2. The van der Waals surface area contributed by atoms with E-state index in [1.165, 1.54) is 6.92 Å². The van der Waals surface area contributed by atoms with Gasteiger partial charge in [-0.3, -0.25) is 4.79 Å². The summed E-state index contributed by atoms with van der Waals surface area (Å²) in [6.07, 6.45) is 2.17. The number of nitrogens with zero attached hydrogens (tertiary/aromatic N) is 3. The summed E-state index contributed by atoms with van der Waals surface area (Å²) in [5, 5.41) is 5.89. The number of morpholine rings is 1. The molecule has 0 radical (unpaired) electrons. The Morgan fingerprint density at radius 3 is 2.61 bits per heavy atom. The van der Waals surface area contributed by atoms with E-state index in [9.17, 15) is 9.59 Å². The van der Waals surface area contributed by atoms with Crippen molar-refractivity contribution >= 4 is 29.3 Å². The van der Waals surface area contributed by atoms with Crippen LogP contribution in [-0.4, -0.2) is 61.2 Å². The molecule has 3 heterocycles. The van der Waals surface area contributed by atoms with Crippen molar-refractivity contribution in [1.82, 2.24) is 9.88 Å². The topological polar surface area (TPSA) is 86.8 Å². The minimum absolute atomic E-state index is 0.0524. The van der Waals surface area contributed by atoms with Crippen molar-refractivity contribution in [2.24, 2.45) is 5.92 Å². The van der Waals surface area contributed by atoms with E-state index in [2.05, 4.69) is 27.4 Å². The third-order valence-corrected chi connectivity index (χ3v) is 6.40. The highest BCUT2D eigenvalue weighted by Crippen LogP contribution is 2.32. The van der Waals surface area contributed by atoms with E-state index in [-0.39, 0.29) is 11.9 Å². The molecule has 2 fully saturated rings. The summed E-state index contributed by atoms with van der Waals surface area (Å²) in [6.45, 7) is 10.1. The zero-order valence-electron chi connectivity index (χ0n) is 19.7. The molecular formula is C25H33N5O3. The monoisotopic (exact) mass is 451 g/mol. The molecule has 8 nitrogen and oxygen atoms in total. The lowest BCUT2D eigenvalue weighted by molar-refractivity contribution is -0.114. The Balaban J connectivity index is 1.62. The molecule has 176 valence electrons. The van der Waals surface area contributed by atoms with E-state index in [0.29, 0.717) is 24.9 Å². The molecule has 33 heavy (non-hydrogen) atoms. The van der Waals surface area contributed by atoms with Crippen LogP contribution in [0.15, 0.2) is 30.3 Å².